The summed E-state index contributed by atoms with van der Waals surface area (Å²) in [6, 6.07) is 9.37. The van der Waals surface area contributed by atoms with Gasteiger partial charge in [-0.05, 0) is 19.1 Å². The van der Waals surface area contributed by atoms with Gasteiger partial charge >= 0.3 is 0 Å². The Kier molecular flexibility index (Phi) is 4.45. The van der Waals surface area contributed by atoms with Crippen LogP contribution in [-0.2, 0) is 13.5 Å². The van der Waals surface area contributed by atoms with Crippen molar-refractivity contribution < 1.29 is 4.79 Å². The predicted octanol–water partition coefficient (Wildman–Crippen LogP) is 3.68. The van der Waals surface area contributed by atoms with E-state index in [9.17, 15) is 4.79 Å². The average Bonchev–Trinajstić information content (AvgIpc) is 3.06. The molecule has 0 aliphatic heterocycles. The number of carbonyl (C=O) groups excluding carboxylic acids is 1. The molecule has 3 aromatic rings. The summed E-state index contributed by atoms with van der Waals surface area (Å²) in [5.74, 6) is 0.675. The van der Waals surface area contributed by atoms with E-state index in [2.05, 4.69) is 15.3 Å². The van der Waals surface area contributed by atoms with Crippen molar-refractivity contribution in [2.75, 3.05) is 5.32 Å². The molecule has 7 heteroatoms. The molecular weight excluding hydrogens is 332 g/mol. The Morgan fingerprint density at radius 2 is 2.09 bits per heavy atom. The monoisotopic (exact) mass is 346 g/mol. The molecule has 0 atom stereocenters. The second-order valence-corrected chi connectivity index (χ2v) is 6.55. The van der Waals surface area contributed by atoms with Crippen LogP contribution in [0.1, 0.15) is 26.2 Å². The molecule has 1 amide bonds. The number of anilines is 1. The SMILES string of the molecule is Cc1nc(Cc2ncc(Cl)n2C)sc1C(=O)Nc1ccccc1. The van der Waals surface area contributed by atoms with Crippen LogP contribution < -0.4 is 5.32 Å². The number of amides is 1. The number of thiazole rings is 1. The molecule has 3 rings (SSSR count). The second kappa shape index (κ2) is 6.52. The van der Waals surface area contributed by atoms with Crippen LogP contribution in [0.2, 0.25) is 5.15 Å². The van der Waals surface area contributed by atoms with Gasteiger partial charge in [-0.3, -0.25) is 4.79 Å². The molecule has 0 aliphatic rings. The zero-order valence-electron chi connectivity index (χ0n) is 12.7. The molecule has 5 nitrogen and oxygen atoms in total. The zero-order valence-corrected chi connectivity index (χ0v) is 14.3. The fourth-order valence-corrected chi connectivity index (χ4v) is 3.27. The van der Waals surface area contributed by atoms with Crippen molar-refractivity contribution in [2.24, 2.45) is 7.05 Å². The fraction of sp³-hybridized carbons (Fsp3) is 0.188. The lowest BCUT2D eigenvalue weighted by molar-refractivity contribution is 0.103. The van der Waals surface area contributed by atoms with Crippen molar-refractivity contribution in [3.8, 4) is 0 Å². The van der Waals surface area contributed by atoms with Gasteiger partial charge in [-0.25, -0.2) is 9.97 Å². The Morgan fingerprint density at radius 1 is 1.35 bits per heavy atom. The van der Waals surface area contributed by atoms with Crippen LogP contribution in [0.5, 0.6) is 0 Å². The summed E-state index contributed by atoms with van der Waals surface area (Å²) < 4.78 is 1.81. The van der Waals surface area contributed by atoms with Crippen molar-refractivity contribution in [2.45, 2.75) is 13.3 Å². The van der Waals surface area contributed by atoms with Gasteiger partial charge in [0, 0.05) is 12.7 Å². The van der Waals surface area contributed by atoms with Crippen molar-refractivity contribution in [3.63, 3.8) is 0 Å². The normalized spacial score (nSPS) is 10.7. The maximum Gasteiger partial charge on any atom is 0.267 e. The third kappa shape index (κ3) is 3.43. The number of rotatable bonds is 4. The van der Waals surface area contributed by atoms with Crippen LogP contribution >= 0.6 is 22.9 Å². The number of hydrogen-bond donors (Lipinski definition) is 1. The lowest BCUT2D eigenvalue weighted by Gasteiger charge is -2.03. The van der Waals surface area contributed by atoms with Gasteiger partial charge in [-0.2, -0.15) is 0 Å². The van der Waals surface area contributed by atoms with Crippen LogP contribution in [0.3, 0.4) is 0 Å². The summed E-state index contributed by atoms with van der Waals surface area (Å²) >= 11 is 7.37. The molecule has 0 radical (unpaired) electrons. The summed E-state index contributed by atoms with van der Waals surface area (Å²) in [6.45, 7) is 1.84. The molecule has 2 aromatic heterocycles. The lowest BCUT2D eigenvalue weighted by Crippen LogP contribution is -2.11. The van der Waals surface area contributed by atoms with Crippen molar-refractivity contribution in [1.29, 1.82) is 0 Å². The molecule has 0 saturated carbocycles. The molecule has 2 heterocycles. The van der Waals surface area contributed by atoms with Crippen molar-refractivity contribution >= 4 is 34.5 Å². The van der Waals surface area contributed by atoms with Gasteiger partial charge in [0.05, 0.1) is 18.3 Å². The topological polar surface area (TPSA) is 59.8 Å². The first kappa shape index (κ1) is 15.7. The summed E-state index contributed by atoms with van der Waals surface area (Å²) in [6.07, 6.45) is 2.16. The molecule has 118 valence electrons. The lowest BCUT2D eigenvalue weighted by atomic mass is 10.3. The van der Waals surface area contributed by atoms with Gasteiger partial charge in [0.25, 0.3) is 5.91 Å². The van der Waals surface area contributed by atoms with Gasteiger partial charge in [0.2, 0.25) is 0 Å². The number of nitrogens with zero attached hydrogens (tertiary/aromatic N) is 3. The summed E-state index contributed by atoms with van der Waals surface area (Å²) in [5, 5.41) is 4.30. The molecule has 0 saturated heterocycles. The van der Waals surface area contributed by atoms with Gasteiger partial charge in [-0.1, -0.05) is 29.8 Å². The van der Waals surface area contributed by atoms with E-state index in [0.717, 1.165) is 22.2 Å². The smallest absolute Gasteiger partial charge is 0.267 e. The van der Waals surface area contributed by atoms with Gasteiger partial charge < -0.3 is 9.88 Å². The molecule has 0 bridgehead atoms. The second-order valence-electron chi connectivity index (χ2n) is 5.08. The van der Waals surface area contributed by atoms with Crippen molar-refractivity contribution in [1.82, 2.24) is 14.5 Å². The quantitative estimate of drug-likeness (QED) is 0.783. The van der Waals surface area contributed by atoms with E-state index in [1.165, 1.54) is 11.3 Å². The Morgan fingerprint density at radius 3 is 2.74 bits per heavy atom. The maximum atomic E-state index is 12.4. The van der Waals surface area contributed by atoms with Crippen LogP contribution in [0.15, 0.2) is 36.5 Å². The number of hydrogen-bond acceptors (Lipinski definition) is 4. The first-order valence-electron chi connectivity index (χ1n) is 7.03. The predicted molar refractivity (Wildman–Crippen MR) is 92.3 cm³/mol. The van der Waals surface area contributed by atoms with E-state index in [0.29, 0.717) is 16.5 Å². The molecule has 0 fully saturated rings. The number of nitrogens with one attached hydrogen (secondary N) is 1. The number of aryl methyl sites for hydroxylation is 1. The molecular formula is C16H15ClN4OS. The summed E-state index contributed by atoms with van der Waals surface area (Å²) in [5.41, 5.74) is 1.49. The Balaban J connectivity index is 1.78. The number of imidazole rings is 1. The Bertz CT molecular complexity index is 841. The van der Waals surface area contributed by atoms with E-state index in [4.69, 9.17) is 11.6 Å². The highest BCUT2D eigenvalue weighted by Crippen LogP contribution is 2.22. The molecule has 23 heavy (non-hydrogen) atoms. The van der Waals surface area contributed by atoms with E-state index in [-0.39, 0.29) is 5.91 Å². The van der Waals surface area contributed by atoms with Gasteiger partial charge in [0.1, 0.15) is 20.9 Å². The third-order valence-corrected chi connectivity index (χ3v) is 4.92. The maximum absolute atomic E-state index is 12.4. The molecule has 0 unspecified atom stereocenters. The first-order valence-corrected chi connectivity index (χ1v) is 8.23. The summed E-state index contributed by atoms with van der Waals surface area (Å²) in [4.78, 5) is 21.7. The van der Waals surface area contributed by atoms with E-state index in [1.54, 1.807) is 6.20 Å². The van der Waals surface area contributed by atoms with Crippen LogP contribution in [0.25, 0.3) is 0 Å². The zero-order chi connectivity index (χ0) is 16.4. The largest absolute Gasteiger partial charge is 0.322 e. The minimum atomic E-state index is -0.143. The Labute approximate surface area is 143 Å². The first-order chi connectivity index (χ1) is 11.0. The highest BCUT2D eigenvalue weighted by Gasteiger charge is 2.17. The van der Waals surface area contributed by atoms with Crippen LogP contribution in [0.4, 0.5) is 5.69 Å². The van der Waals surface area contributed by atoms with E-state index in [1.807, 2.05) is 48.9 Å². The Hall–Kier alpha value is -2.18. The molecule has 0 aliphatic carbocycles. The molecule has 1 N–H and O–H groups in total. The minimum absolute atomic E-state index is 0.143. The fourth-order valence-electron chi connectivity index (χ4n) is 2.17. The number of para-hydroxylation sites is 1. The van der Waals surface area contributed by atoms with Gasteiger partial charge in [0.15, 0.2) is 0 Å². The highest BCUT2D eigenvalue weighted by atomic mass is 35.5. The average molecular weight is 347 g/mol. The third-order valence-electron chi connectivity index (χ3n) is 3.42. The number of benzene rings is 1. The minimum Gasteiger partial charge on any atom is -0.322 e. The molecule has 1 aromatic carbocycles. The van der Waals surface area contributed by atoms with E-state index >= 15 is 0 Å². The van der Waals surface area contributed by atoms with Gasteiger partial charge in [-0.15, -0.1) is 11.3 Å². The van der Waals surface area contributed by atoms with E-state index < -0.39 is 0 Å². The molecule has 0 spiro atoms. The summed E-state index contributed by atoms with van der Waals surface area (Å²) in [7, 11) is 1.86. The highest BCUT2D eigenvalue weighted by molar-refractivity contribution is 7.14. The van der Waals surface area contributed by atoms with Crippen LogP contribution in [-0.4, -0.2) is 20.4 Å². The number of carbonyl (C=O) groups is 1. The standard InChI is InChI=1S/C16H15ClN4OS/c1-10-15(16(22)20-11-6-4-3-5-7-11)23-14(19-10)8-13-18-9-12(17)21(13)2/h3-7,9H,8H2,1-2H3,(H,20,22). The van der Waals surface area contributed by atoms with Crippen molar-refractivity contribution in [3.05, 3.63) is 63.1 Å². The van der Waals surface area contributed by atoms with Crippen LogP contribution in [0, 0.1) is 6.92 Å². The number of aromatic nitrogens is 3. The number of halogens is 1.